The predicted molar refractivity (Wildman–Crippen MR) is 92.2 cm³/mol. The van der Waals surface area contributed by atoms with Gasteiger partial charge in [-0.25, -0.2) is 4.79 Å². The molecule has 138 valence electrons. The molecule has 0 spiro atoms. The zero-order chi connectivity index (χ0) is 19.1. The number of hydrogen-bond acceptors (Lipinski definition) is 6. The molecule has 0 radical (unpaired) electrons. The first-order chi connectivity index (χ1) is 12.5. The number of carboxylic acid groups (broad SMARTS) is 1. The Morgan fingerprint density at radius 1 is 1.23 bits per heavy atom. The van der Waals surface area contributed by atoms with Crippen LogP contribution in [0.4, 0.5) is 0 Å². The molecule has 1 aromatic rings. The standard InChI is InChI=1S/C18H19NO7/c1-24-13-9-12(10-14(25-2)18(13)26-11-17(22)23)6-7-16(21)19-8-4-3-5-15(19)20/h3,5-7,9-10H,4,8,11H2,1-2H3,(H,22,23). The van der Waals surface area contributed by atoms with Crippen molar-refractivity contribution in [3.8, 4) is 17.2 Å². The second kappa shape index (κ2) is 8.70. The van der Waals surface area contributed by atoms with Crippen LogP contribution in [0.1, 0.15) is 12.0 Å². The van der Waals surface area contributed by atoms with E-state index in [9.17, 15) is 14.4 Å². The Morgan fingerprint density at radius 2 is 1.88 bits per heavy atom. The van der Waals surface area contributed by atoms with E-state index in [1.165, 1.54) is 32.4 Å². The molecule has 0 saturated carbocycles. The molecule has 0 bridgehead atoms. The number of methoxy groups -OCH3 is 2. The Bertz CT molecular complexity index is 742. The Balaban J connectivity index is 2.23. The van der Waals surface area contributed by atoms with Crippen LogP contribution in [-0.4, -0.2) is 55.2 Å². The van der Waals surface area contributed by atoms with Crippen LogP contribution in [0.5, 0.6) is 17.2 Å². The molecular weight excluding hydrogens is 342 g/mol. The fraction of sp³-hybridized carbons (Fsp3) is 0.278. The van der Waals surface area contributed by atoms with Gasteiger partial charge in [-0.3, -0.25) is 14.5 Å². The third-order valence-electron chi connectivity index (χ3n) is 3.55. The summed E-state index contributed by atoms with van der Waals surface area (Å²) in [6.07, 6.45) is 6.52. The fourth-order valence-electron chi connectivity index (χ4n) is 2.34. The van der Waals surface area contributed by atoms with E-state index in [4.69, 9.17) is 19.3 Å². The normalized spacial score (nSPS) is 13.8. The molecule has 0 saturated heterocycles. The smallest absolute Gasteiger partial charge is 0.341 e. The summed E-state index contributed by atoms with van der Waals surface area (Å²) in [5.74, 6) is -1.24. The molecule has 0 atom stereocenters. The number of carbonyl (C=O) groups is 3. The second-order valence-corrected chi connectivity index (χ2v) is 5.29. The maximum Gasteiger partial charge on any atom is 0.341 e. The van der Waals surface area contributed by atoms with Gasteiger partial charge in [0.15, 0.2) is 18.1 Å². The highest BCUT2D eigenvalue weighted by atomic mass is 16.5. The van der Waals surface area contributed by atoms with Crippen LogP contribution >= 0.6 is 0 Å². The number of benzene rings is 1. The van der Waals surface area contributed by atoms with Gasteiger partial charge in [0.2, 0.25) is 5.75 Å². The molecule has 8 nitrogen and oxygen atoms in total. The zero-order valence-corrected chi connectivity index (χ0v) is 14.4. The maximum atomic E-state index is 12.2. The van der Waals surface area contributed by atoms with E-state index in [0.29, 0.717) is 18.5 Å². The van der Waals surface area contributed by atoms with Gasteiger partial charge in [-0.05, 0) is 36.3 Å². The number of imide groups is 1. The molecule has 8 heteroatoms. The van der Waals surface area contributed by atoms with Crippen molar-refractivity contribution in [2.75, 3.05) is 27.4 Å². The Morgan fingerprint density at radius 3 is 2.42 bits per heavy atom. The maximum absolute atomic E-state index is 12.2. The largest absolute Gasteiger partial charge is 0.493 e. The van der Waals surface area contributed by atoms with Crippen molar-refractivity contribution < 1.29 is 33.7 Å². The molecule has 26 heavy (non-hydrogen) atoms. The van der Waals surface area contributed by atoms with Crippen LogP contribution in [0, 0.1) is 0 Å². The number of ether oxygens (including phenoxy) is 3. The summed E-state index contributed by atoms with van der Waals surface area (Å²) >= 11 is 0. The fourth-order valence-corrected chi connectivity index (χ4v) is 2.34. The topological polar surface area (TPSA) is 102 Å². The molecule has 0 aromatic heterocycles. The first-order valence-corrected chi connectivity index (χ1v) is 7.77. The number of carboxylic acids is 1. The Hall–Kier alpha value is -3.29. The first kappa shape index (κ1) is 19.0. The van der Waals surface area contributed by atoms with Gasteiger partial charge < -0.3 is 19.3 Å². The van der Waals surface area contributed by atoms with E-state index in [0.717, 1.165) is 4.90 Å². The van der Waals surface area contributed by atoms with Gasteiger partial charge in [0, 0.05) is 12.6 Å². The van der Waals surface area contributed by atoms with Crippen molar-refractivity contribution in [2.24, 2.45) is 0 Å². The lowest BCUT2D eigenvalue weighted by molar-refractivity contribution is -0.140. The zero-order valence-electron chi connectivity index (χ0n) is 14.4. The lowest BCUT2D eigenvalue weighted by Crippen LogP contribution is -2.37. The SMILES string of the molecule is COc1cc(C=CC(=O)N2CCC=CC2=O)cc(OC)c1OCC(=O)O. The van der Waals surface area contributed by atoms with Crippen LogP contribution in [-0.2, 0) is 14.4 Å². The Labute approximate surface area is 150 Å². The molecule has 1 heterocycles. The summed E-state index contributed by atoms with van der Waals surface area (Å²) in [4.78, 5) is 35.7. The summed E-state index contributed by atoms with van der Waals surface area (Å²) in [6.45, 7) is -0.210. The monoisotopic (exact) mass is 361 g/mol. The molecule has 2 rings (SSSR count). The quantitative estimate of drug-likeness (QED) is 0.734. The van der Waals surface area contributed by atoms with Crippen LogP contribution in [0.2, 0.25) is 0 Å². The van der Waals surface area contributed by atoms with E-state index in [2.05, 4.69) is 0 Å². The average Bonchev–Trinajstić information content (AvgIpc) is 2.64. The number of nitrogens with zero attached hydrogens (tertiary/aromatic N) is 1. The van der Waals surface area contributed by atoms with E-state index in [1.54, 1.807) is 18.2 Å². The third kappa shape index (κ3) is 4.62. The van der Waals surface area contributed by atoms with Gasteiger partial charge in [-0.15, -0.1) is 0 Å². The minimum absolute atomic E-state index is 0.150. The molecule has 1 aliphatic rings. The van der Waals surface area contributed by atoms with E-state index in [-0.39, 0.29) is 23.2 Å². The Kier molecular flexibility index (Phi) is 6.37. The number of amides is 2. The van der Waals surface area contributed by atoms with Gasteiger partial charge in [-0.1, -0.05) is 6.08 Å². The number of rotatable bonds is 7. The molecule has 1 aromatic carbocycles. The first-order valence-electron chi connectivity index (χ1n) is 7.77. The van der Waals surface area contributed by atoms with Gasteiger partial charge in [0.1, 0.15) is 0 Å². The van der Waals surface area contributed by atoms with Crippen molar-refractivity contribution in [3.05, 3.63) is 35.9 Å². The van der Waals surface area contributed by atoms with Crippen molar-refractivity contribution in [2.45, 2.75) is 6.42 Å². The van der Waals surface area contributed by atoms with Crippen LogP contribution < -0.4 is 14.2 Å². The molecule has 0 fully saturated rings. The highest BCUT2D eigenvalue weighted by Gasteiger charge is 2.19. The van der Waals surface area contributed by atoms with Crippen molar-refractivity contribution in [3.63, 3.8) is 0 Å². The minimum atomic E-state index is -1.14. The molecule has 1 N–H and O–H groups in total. The number of aliphatic carboxylic acids is 1. The van der Waals surface area contributed by atoms with E-state index < -0.39 is 18.5 Å². The molecule has 2 amide bonds. The van der Waals surface area contributed by atoms with Crippen molar-refractivity contribution in [1.82, 2.24) is 4.90 Å². The van der Waals surface area contributed by atoms with Gasteiger partial charge in [0.25, 0.3) is 11.8 Å². The van der Waals surface area contributed by atoms with Gasteiger partial charge in [0.05, 0.1) is 14.2 Å². The van der Waals surface area contributed by atoms with Crippen LogP contribution in [0.3, 0.4) is 0 Å². The molecular formula is C18H19NO7. The van der Waals surface area contributed by atoms with Crippen molar-refractivity contribution >= 4 is 23.9 Å². The predicted octanol–water partition coefficient (Wildman–Crippen LogP) is 1.50. The third-order valence-corrected chi connectivity index (χ3v) is 3.55. The molecule has 0 aliphatic carbocycles. The highest BCUT2D eigenvalue weighted by molar-refractivity contribution is 6.06. The van der Waals surface area contributed by atoms with E-state index >= 15 is 0 Å². The summed E-state index contributed by atoms with van der Waals surface area (Å²) in [5.41, 5.74) is 0.565. The van der Waals surface area contributed by atoms with Crippen LogP contribution in [0.15, 0.2) is 30.4 Å². The summed E-state index contributed by atoms with van der Waals surface area (Å²) < 4.78 is 15.6. The lowest BCUT2D eigenvalue weighted by Gasteiger charge is -2.19. The summed E-state index contributed by atoms with van der Waals surface area (Å²) in [6, 6.07) is 3.14. The molecule has 0 unspecified atom stereocenters. The minimum Gasteiger partial charge on any atom is -0.493 e. The van der Waals surface area contributed by atoms with Gasteiger partial charge in [-0.2, -0.15) is 0 Å². The average molecular weight is 361 g/mol. The van der Waals surface area contributed by atoms with E-state index in [1.807, 2.05) is 0 Å². The summed E-state index contributed by atoms with van der Waals surface area (Å²) in [5, 5.41) is 8.75. The summed E-state index contributed by atoms with van der Waals surface area (Å²) in [7, 11) is 2.81. The van der Waals surface area contributed by atoms with Gasteiger partial charge >= 0.3 is 5.97 Å². The van der Waals surface area contributed by atoms with Crippen molar-refractivity contribution in [1.29, 1.82) is 0 Å². The van der Waals surface area contributed by atoms with Crippen LogP contribution in [0.25, 0.3) is 6.08 Å². The lowest BCUT2D eigenvalue weighted by atomic mass is 10.1. The number of carbonyl (C=O) groups excluding carboxylic acids is 2. The molecule has 1 aliphatic heterocycles. The highest BCUT2D eigenvalue weighted by Crippen LogP contribution is 2.38. The second-order valence-electron chi connectivity index (χ2n) is 5.29. The number of hydrogen-bond donors (Lipinski definition) is 1.